The van der Waals surface area contributed by atoms with Gasteiger partial charge in [-0.15, -0.1) is 11.3 Å². The maximum atomic E-state index is 11.6. The average Bonchev–Trinajstić information content (AvgIpc) is 2.94. The Morgan fingerprint density at radius 3 is 2.95 bits per heavy atom. The molecule has 5 nitrogen and oxygen atoms in total. The molecule has 0 fully saturated rings. The second-order valence-corrected chi connectivity index (χ2v) is 5.87. The number of ether oxygens (including phenoxy) is 1. The summed E-state index contributed by atoms with van der Waals surface area (Å²) in [6, 6.07) is 3.84. The monoisotopic (exact) mass is 291 g/mol. The van der Waals surface area contributed by atoms with E-state index in [0.29, 0.717) is 6.54 Å². The van der Waals surface area contributed by atoms with Gasteiger partial charge in [-0.1, -0.05) is 0 Å². The minimum absolute atomic E-state index is 0.242. The van der Waals surface area contributed by atoms with Crippen molar-refractivity contribution >= 4 is 22.4 Å². The van der Waals surface area contributed by atoms with Crippen molar-refractivity contribution in [1.82, 2.24) is 9.97 Å². The quantitative estimate of drug-likeness (QED) is 0.858. The highest BCUT2D eigenvalue weighted by atomic mass is 32.1. The molecule has 0 aliphatic rings. The van der Waals surface area contributed by atoms with Crippen molar-refractivity contribution in [2.24, 2.45) is 5.41 Å². The number of aromatic nitrogens is 2. The lowest BCUT2D eigenvalue weighted by molar-refractivity contribution is -0.149. The van der Waals surface area contributed by atoms with Crippen LogP contribution < -0.4 is 5.32 Å². The minimum atomic E-state index is -0.588. The van der Waals surface area contributed by atoms with Crippen molar-refractivity contribution in [3.8, 4) is 11.3 Å². The maximum absolute atomic E-state index is 11.6. The first-order chi connectivity index (χ1) is 9.53. The molecule has 0 unspecified atom stereocenters. The van der Waals surface area contributed by atoms with E-state index in [2.05, 4.69) is 15.3 Å². The van der Waals surface area contributed by atoms with Gasteiger partial charge in [0.2, 0.25) is 0 Å². The highest BCUT2D eigenvalue weighted by Gasteiger charge is 2.28. The Labute approximate surface area is 122 Å². The Kier molecular flexibility index (Phi) is 4.34. The third kappa shape index (κ3) is 3.33. The van der Waals surface area contributed by atoms with Crippen LogP contribution >= 0.6 is 11.3 Å². The van der Waals surface area contributed by atoms with Gasteiger partial charge in [0, 0.05) is 29.9 Å². The Balaban J connectivity index is 2.02. The van der Waals surface area contributed by atoms with E-state index in [4.69, 9.17) is 4.74 Å². The van der Waals surface area contributed by atoms with Gasteiger partial charge in [0.05, 0.1) is 18.2 Å². The molecule has 0 amide bonds. The number of methoxy groups -OCH3 is 1. The van der Waals surface area contributed by atoms with Gasteiger partial charge in [-0.25, -0.2) is 4.98 Å². The smallest absolute Gasteiger partial charge is 0.313 e. The molecule has 0 radical (unpaired) electrons. The largest absolute Gasteiger partial charge is 0.469 e. The van der Waals surface area contributed by atoms with Crippen LogP contribution in [0.25, 0.3) is 11.3 Å². The maximum Gasteiger partial charge on any atom is 0.313 e. The lowest BCUT2D eigenvalue weighted by Gasteiger charge is -2.21. The third-order valence-electron chi connectivity index (χ3n) is 2.88. The highest BCUT2D eigenvalue weighted by molar-refractivity contribution is 7.14. The molecule has 0 aromatic carbocycles. The van der Waals surface area contributed by atoms with Crippen LogP contribution in [0, 0.1) is 5.41 Å². The van der Waals surface area contributed by atoms with Gasteiger partial charge in [0.25, 0.3) is 0 Å². The van der Waals surface area contributed by atoms with Crippen LogP contribution in [0.2, 0.25) is 0 Å². The summed E-state index contributed by atoms with van der Waals surface area (Å²) >= 11 is 1.50. The van der Waals surface area contributed by atoms with E-state index < -0.39 is 5.41 Å². The second kappa shape index (κ2) is 6.00. The summed E-state index contributed by atoms with van der Waals surface area (Å²) in [6.45, 7) is 4.14. The third-order valence-corrected chi connectivity index (χ3v) is 3.68. The lowest BCUT2D eigenvalue weighted by atomic mass is 9.94. The summed E-state index contributed by atoms with van der Waals surface area (Å²) < 4.78 is 4.77. The number of esters is 1. The van der Waals surface area contributed by atoms with Gasteiger partial charge >= 0.3 is 5.97 Å². The second-order valence-electron chi connectivity index (χ2n) is 5.01. The van der Waals surface area contributed by atoms with Crippen molar-refractivity contribution in [3.05, 3.63) is 29.9 Å². The molecule has 2 heterocycles. The van der Waals surface area contributed by atoms with Gasteiger partial charge in [-0.2, -0.15) is 0 Å². The summed E-state index contributed by atoms with van der Waals surface area (Å²) in [5, 5.41) is 5.92. The van der Waals surface area contributed by atoms with Crippen molar-refractivity contribution in [3.63, 3.8) is 0 Å². The molecule has 0 aliphatic carbocycles. The number of carbonyl (C=O) groups excluding carboxylic acids is 1. The van der Waals surface area contributed by atoms with Crippen LogP contribution in [0.1, 0.15) is 13.8 Å². The van der Waals surface area contributed by atoms with E-state index in [-0.39, 0.29) is 5.97 Å². The molecule has 0 atom stereocenters. The van der Waals surface area contributed by atoms with E-state index in [0.717, 1.165) is 16.4 Å². The fourth-order valence-corrected chi connectivity index (χ4v) is 2.37. The first kappa shape index (κ1) is 14.5. The van der Waals surface area contributed by atoms with Crippen molar-refractivity contribution in [2.75, 3.05) is 19.0 Å². The van der Waals surface area contributed by atoms with Gasteiger partial charge in [0.15, 0.2) is 5.13 Å². The standard InChI is InChI=1S/C14H17N3O2S/c1-14(2,12(18)19-3)9-16-13-17-11(8-20-13)10-5-4-6-15-7-10/h4-8H,9H2,1-3H3,(H,16,17). The predicted molar refractivity (Wildman–Crippen MR) is 79.6 cm³/mol. The van der Waals surface area contributed by atoms with E-state index >= 15 is 0 Å². The van der Waals surface area contributed by atoms with Crippen molar-refractivity contribution < 1.29 is 9.53 Å². The first-order valence-corrected chi connectivity index (χ1v) is 7.09. The molecular weight excluding hydrogens is 274 g/mol. The minimum Gasteiger partial charge on any atom is -0.469 e. The molecular formula is C14H17N3O2S. The number of carbonyl (C=O) groups is 1. The number of thiazole rings is 1. The molecule has 1 N–H and O–H groups in total. The molecule has 0 aliphatic heterocycles. The molecule has 6 heteroatoms. The van der Waals surface area contributed by atoms with Crippen molar-refractivity contribution in [2.45, 2.75) is 13.8 Å². The van der Waals surface area contributed by atoms with Crippen molar-refractivity contribution in [1.29, 1.82) is 0 Å². The summed E-state index contributed by atoms with van der Waals surface area (Å²) in [7, 11) is 1.40. The average molecular weight is 291 g/mol. The van der Waals surface area contributed by atoms with E-state index in [1.54, 1.807) is 12.4 Å². The predicted octanol–water partition coefficient (Wildman–Crippen LogP) is 2.82. The molecule has 0 saturated carbocycles. The molecule has 0 spiro atoms. The number of nitrogens with zero attached hydrogens (tertiary/aromatic N) is 2. The van der Waals surface area contributed by atoms with Crippen LogP contribution in [0.4, 0.5) is 5.13 Å². The highest BCUT2D eigenvalue weighted by Crippen LogP contribution is 2.25. The molecule has 106 valence electrons. The summed E-state index contributed by atoms with van der Waals surface area (Å²) in [5.74, 6) is -0.242. The number of hydrogen-bond donors (Lipinski definition) is 1. The number of nitrogens with one attached hydrogen (secondary N) is 1. The Morgan fingerprint density at radius 1 is 1.50 bits per heavy atom. The Bertz CT molecular complexity index is 581. The van der Waals surface area contributed by atoms with E-state index in [9.17, 15) is 4.79 Å². The van der Waals surface area contributed by atoms with Gasteiger partial charge in [-0.3, -0.25) is 9.78 Å². The molecule has 2 rings (SSSR count). The Hall–Kier alpha value is -1.95. The fourth-order valence-electron chi connectivity index (χ4n) is 1.65. The van der Waals surface area contributed by atoms with Crippen LogP contribution in [0.3, 0.4) is 0 Å². The molecule has 2 aromatic rings. The summed E-state index contributed by atoms with van der Waals surface area (Å²) in [5.41, 5.74) is 1.26. The molecule has 2 aromatic heterocycles. The van der Waals surface area contributed by atoms with E-state index in [1.165, 1.54) is 18.4 Å². The fraction of sp³-hybridized carbons (Fsp3) is 0.357. The topological polar surface area (TPSA) is 64.1 Å². The number of rotatable bonds is 5. The van der Waals surface area contributed by atoms with Gasteiger partial charge in [0.1, 0.15) is 0 Å². The summed E-state index contributed by atoms with van der Waals surface area (Å²) in [4.78, 5) is 20.2. The first-order valence-electron chi connectivity index (χ1n) is 6.21. The summed E-state index contributed by atoms with van der Waals surface area (Å²) in [6.07, 6.45) is 3.51. The zero-order valence-electron chi connectivity index (χ0n) is 11.7. The molecule has 20 heavy (non-hydrogen) atoms. The van der Waals surface area contributed by atoms with Gasteiger partial charge < -0.3 is 10.1 Å². The molecule has 0 bridgehead atoms. The van der Waals surface area contributed by atoms with Crippen LogP contribution in [-0.2, 0) is 9.53 Å². The Morgan fingerprint density at radius 2 is 2.30 bits per heavy atom. The van der Waals surface area contributed by atoms with Gasteiger partial charge in [-0.05, 0) is 26.0 Å². The SMILES string of the molecule is COC(=O)C(C)(C)CNc1nc(-c2cccnc2)cs1. The lowest BCUT2D eigenvalue weighted by Crippen LogP contribution is -2.33. The normalized spacial score (nSPS) is 11.2. The number of hydrogen-bond acceptors (Lipinski definition) is 6. The van der Waals surface area contributed by atoms with E-state index in [1.807, 2.05) is 31.4 Å². The zero-order valence-corrected chi connectivity index (χ0v) is 12.5. The zero-order chi connectivity index (χ0) is 14.6. The van der Waals surface area contributed by atoms with Crippen LogP contribution in [-0.4, -0.2) is 29.6 Å². The van der Waals surface area contributed by atoms with Crippen LogP contribution in [0.5, 0.6) is 0 Å². The molecule has 0 saturated heterocycles. The number of pyridine rings is 1. The number of anilines is 1. The van der Waals surface area contributed by atoms with Crippen LogP contribution in [0.15, 0.2) is 29.9 Å².